The van der Waals surface area contributed by atoms with Crippen molar-refractivity contribution in [1.29, 1.82) is 0 Å². The molecule has 1 rings (SSSR count). The minimum atomic E-state index is -0.622. The van der Waals surface area contributed by atoms with Gasteiger partial charge in [0.1, 0.15) is 5.60 Å². The molecule has 0 spiro atoms. The van der Waals surface area contributed by atoms with Gasteiger partial charge in [0.25, 0.3) is 0 Å². The summed E-state index contributed by atoms with van der Waals surface area (Å²) >= 11 is 0. The predicted octanol–water partition coefficient (Wildman–Crippen LogP) is -0.154. The van der Waals surface area contributed by atoms with E-state index in [1.54, 1.807) is 27.8 Å². The Balaban J connectivity index is 2.31. The van der Waals surface area contributed by atoms with Crippen molar-refractivity contribution in [2.45, 2.75) is 32.8 Å². The van der Waals surface area contributed by atoms with E-state index in [0.29, 0.717) is 5.82 Å². The van der Waals surface area contributed by atoms with Crippen molar-refractivity contribution in [1.82, 2.24) is 25.5 Å². The number of amides is 1. The van der Waals surface area contributed by atoms with Gasteiger partial charge in [-0.25, -0.2) is 4.79 Å². The molecule has 0 saturated heterocycles. The highest BCUT2D eigenvalue weighted by molar-refractivity contribution is 5.85. The van der Waals surface area contributed by atoms with Crippen molar-refractivity contribution < 1.29 is 14.3 Å². The van der Waals surface area contributed by atoms with Crippen molar-refractivity contribution in [2.24, 2.45) is 7.05 Å². The van der Waals surface area contributed by atoms with Gasteiger partial charge in [-0.1, -0.05) is 0 Å². The van der Waals surface area contributed by atoms with Crippen molar-refractivity contribution in [2.75, 3.05) is 6.54 Å². The van der Waals surface area contributed by atoms with Crippen LogP contribution in [0.3, 0.4) is 0 Å². The highest BCUT2D eigenvalue weighted by atomic mass is 16.6. The summed E-state index contributed by atoms with van der Waals surface area (Å²) in [5.74, 6) is 0.113. The van der Waals surface area contributed by atoms with Crippen LogP contribution in [-0.2, 0) is 23.0 Å². The molecule has 0 saturated carbocycles. The van der Waals surface area contributed by atoms with Crippen LogP contribution in [0, 0.1) is 0 Å². The topological polar surface area (TPSA) is 99.0 Å². The lowest BCUT2D eigenvalue weighted by Gasteiger charge is -2.19. The minimum Gasteiger partial charge on any atom is -0.444 e. The fourth-order valence-corrected chi connectivity index (χ4v) is 1.12. The minimum absolute atomic E-state index is 0.0314. The van der Waals surface area contributed by atoms with Gasteiger partial charge in [-0.15, -0.1) is 10.2 Å². The van der Waals surface area contributed by atoms with Crippen LogP contribution < -0.4 is 5.32 Å². The monoisotopic (exact) mass is 255 g/mol. The molecule has 0 bridgehead atoms. The maximum Gasteiger partial charge on any atom is 0.408 e. The number of alkyl carbamates (subject to hydrolysis) is 1. The fraction of sp³-hybridized carbons (Fsp3) is 0.700. The van der Waals surface area contributed by atoms with E-state index in [9.17, 15) is 9.59 Å². The number of hydrogen-bond donors (Lipinski definition) is 1. The van der Waals surface area contributed by atoms with Crippen molar-refractivity contribution in [3.8, 4) is 0 Å². The smallest absolute Gasteiger partial charge is 0.408 e. The zero-order valence-corrected chi connectivity index (χ0v) is 10.9. The standard InChI is InChI=1S/C10H17N5O3/c1-10(2,3)18-9(17)11-6-7(16)5-8-12-14-15(4)13-8/h5-6H2,1-4H3,(H,11,17). The van der Waals surface area contributed by atoms with Crippen LogP contribution in [0.15, 0.2) is 0 Å². The number of tetrazole rings is 1. The summed E-state index contributed by atoms with van der Waals surface area (Å²) in [6.45, 7) is 5.13. The van der Waals surface area contributed by atoms with Crippen molar-refractivity contribution in [3.05, 3.63) is 5.82 Å². The second-order valence-electron chi connectivity index (χ2n) is 4.77. The Morgan fingerprint density at radius 2 is 2.06 bits per heavy atom. The number of nitrogens with one attached hydrogen (secondary N) is 1. The van der Waals surface area contributed by atoms with E-state index in [1.807, 2.05) is 0 Å². The van der Waals surface area contributed by atoms with E-state index in [4.69, 9.17) is 4.74 Å². The molecule has 1 aromatic heterocycles. The Hall–Kier alpha value is -1.99. The van der Waals surface area contributed by atoms with Crippen LogP contribution >= 0.6 is 0 Å². The SMILES string of the molecule is Cn1nnc(CC(=O)CNC(=O)OC(C)(C)C)n1. The lowest BCUT2D eigenvalue weighted by Crippen LogP contribution is -2.35. The number of nitrogens with zero attached hydrogens (tertiary/aromatic N) is 4. The molecule has 18 heavy (non-hydrogen) atoms. The van der Waals surface area contributed by atoms with E-state index in [-0.39, 0.29) is 18.7 Å². The summed E-state index contributed by atoms with van der Waals surface area (Å²) in [4.78, 5) is 24.1. The number of carbonyl (C=O) groups excluding carboxylic acids is 2. The van der Waals surface area contributed by atoms with Gasteiger partial charge in [-0.3, -0.25) is 4.79 Å². The summed E-state index contributed by atoms with van der Waals surface area (Å²) in [7, 11) is 1.61. The third-order valence-electron chi connectivity index (χ3n) is 1.73. The summed E-state index contributed by atoms with van der Waals surface area (Å²) in [5.41, 5.74) is -0.584. The molecule has 1 amide bonds. The second-order valence-corrected chi connectivity index (χ2v) is 4.77. The summed E-state index contributed by atoms with van der Waals surface area (Å²) in [6.07, 6.45) is -0.591. The molecule has 1 N–H and O–H groups in total. The van der Waals surface area contributed by atoms with Gasteiger partial charge in [0.05, 0.1) is 20.0 Å². The number of rotatable bonds is 4. The maximum absolute atomic E-state index is 11.5. The third-order valence-corrected chi connectivity index (χ3v) is 1.73. The van der Waals surface area contributed by atoms with Crippen molar-refractivity contribution in [3.63, 3.8) is 0 Å². The molecule has 0 aromatic carbocycles. The van der Waals surface area contributed by atoms with Gasteiger partial charge in [0.2, 0.25) is 0 Å². The summed E-state index contributed by atoms with van der Waals surface area (Å²) in [5, 5.41) is 13.5. The number of hydrogen-bond acceptors (Lipinski definition) is 6. The lowest BCUT2D eigenvalue weighted by atomic mass is 10.2. The van der Waals surface area contributed by atoms with E-state index >= 15 is 0 Å². The van der Waals surface area contributed by atoms with Crippen LogP contribution in [0.5, 0.6) is 0 Å². The average molecular weight is 255 g/mol. The van der Waals surface area contributed by atoms with Crippen LogP contribution in [-0.4, -0.2) is 44.2 Å². The molecule has 0 fully saturated rings. The zero-order chi connectivity index (χ0) is 13.8. The Morgan fingerprint density at radius 3 is 2.56 bits per heavy atom. The molecule has 0 aliphatic rings. The van der Waals surface area contributed by atoms with Crippen LogP contribution in [0.2, 0.25) is 0 Å². The number of carbonyl (C=O) groups is 2. The summed E-state index contributed by atoms with van der Waals surface area (Å²) in [6, 6.07) is 0. The molecule has 8 nitrogen and oxygen atoms in total. The Kier molecular flexibility index (Phi) is 4.35. The molecule has 8 heteroatoms. The van der Waals surface area contributed by atoms with Gasteiger partial charge in [0.15, 0.2) is 11.6 Å². The van der Waals surface area contributed by atoms with Crippen LogP contribution in [0.25, 0.3) is 0 Å². The van der Waals surface area contributed by atoms with Gasteiger partial charge in [-0.05, 0) is 26.0 Å². The Bertz CT molecular complexity index is 435. The normalized spacial score (nSPS) is 11.1. The van der Waals surface area contributed by atoms with Gasteiger partial charge < -0.3 is 10.1 Å². The third kappa shape index (κ3) is 5.37. The quantitative estimate of drug-likeness (QED) is 0.803. The van der Waals surface area contributed by atoms with E-state index in [2.05, 4.69) is 20.7 Å². The molecule has 0 unspecified atom stereocenters. The zero-order valence-electron chi connectivity index (χ0n) is 10.9. The molecule has 0 aliphatic carbocycles. The molecule has 0 aliphatic heterocycles. The molecule has 1 aromatic rings. The maximum atomic E-state index is 11.5. The highest BCUT2D eigenvalue weighted by Crippen LogP contribution is 2.06. The molecule has 0 atom stereocenters. The number of ketones is 1. The van der Waals surface area contributed by atoms with Gasteiger partial charge in [-0.2, -0.15) is 4.80 Å². The fourth-order valence-electron chi connectivity index (χ4n) is 1.12. The number of Topliss-reactive ketones (excluding diaryl/α,β-unsaturated/α-hetero) is 1. The van der Waals surface area contributed by atoms with Gasteiger partial charge in [0, 0.05) is 0 Å². The van der Waals surface area contributed by atoms with E-state index in [1.165, 1.54) is 4.80 Å². The first-order valence-corrected chi connectivity index (χ1v) is 5.48. The first-order chi connectivity index (χ1) is 8.26. The Morgan fingerprint density at radius 1 is 1.39 bits per heavy atom. The Labute approximate surface area is 105 Å². The summed E-state index contributed by atoms with van der Waals surface area (Å²) < 4.78 is 4.99. The van der Waals surface area contributed by atoms with Crippen molar-refractivity contribution >= 4 is 11.9 Å². The van der Waals surface area contributed by atoms with E-state index in [0.717, 1.165) is 0 Å². The molecular formula is C10H17N5O3. The molecular weight excluding hydrogens is 238 g/mol. The predicted molar refractivity (Wildman–Crippen MR) is 61.7 cm³/mol. The molecule has 100 valence electrons. The largest absolute Gasteiger partial charge is 0.444 e. The van der Waals surface area contributed by atoms with Crippen LogP contribution in [0.1, 0.15) is 26.6 Å². The first-order valence-electron chi connectivity index (χ1n) is 5.48. The average Bonchev–Trinajstić information content (AvgIpc) is 2.58. The van der Waals surface area contributed by atoms with E-state index < -0.39 is 11.7 Å². The van der Waals surface area contributed by atoms with Gasteiger partial charge >= 0.3 is 6.09 Å². The second kappa shape index (κ2) is 5.56. The lowest BCUT2D eigenvalue weighted by molar-refractivity contribution is -0.117. The number of aromatic nitrogens is 4. The number of ether oxygens (including phenoxy) is 1. The van der Waals surface area contributed by atoms with Crippen LogP contribution in [0.4, 0.5) is 4.79 Å². The molecule has 0 radical (unpaired) electrons. The molecule has 1 heterocycles. The number of aryl methyl sites for hydroxylation is 1. The highest BCUT2D eigenvalue weighted by Gasteiger charge is 2.17. The first kappa shape index (κ1) is 14.1.